The maximum absolute atomic E-state index is 12.6. The predicted octanol–water partition coefficient (Wildman–Crippen LogP) is 2.83. The number of fused-ring (bicyclic) bond motifs is 1. The lowest BCUT2D eigenvalue weighted by molar-refractivity contribution is 0.612. The quantitative estimate of drug-likeness (QED) is 0.695. The van der Waals surface area contributed by atoms with E-state index in [1.165, 1.54) is 0 Å². The first kappa shape index (κ1) is 18.9. The molecular formula is C20H27N5O2. The summed E-state index contributed by atoms with van der Waals surface area (Å²) in [4.78, 5) is 34.2. The second-order valence-electron chi connectivity index (χ2n) is 6.97. The van der Waals surface area contributed by atoms with E-state index in [-0.39, 0.29) is 5.56 Å². The highest BCUT2D eigenvalue weighted by molar-refractivity contribution is 5.77. The maximum atomic E-state index is 12.6. The van der Waals surface area contributed by atoms with Gasteiger partial charge in [0.05, 0.1) is 0 Å². The van der Waals surface area contributed by atoms with Gasteiger partial charge < -0.3 is 9.47 Å². The van der Waals surface area contributed by atoms with E-state index in [2.05, 4.69) is 18.8 Å². The molecule has 1 N–H and O–H groups in total. The number of aromatic nitrogens is 4. The van der Waals surface area contributed by atoms with Gasteiger partial charge in [-0.1, -0.05) is 20.3 Å². The van der Waals surface area contributed by atoms with Gasteiger partial charge in [0.2, 0.25) is 0 Å². The van der Waals surface area contributed by atoms with Crippen molar-refractivity contribution >= 4 is 16.9 Å². The van der Waals surface area contributed by atoms with Crippen LogP contribution < -0.4 is 16.1 Å². The summed E-state index contributed by atoms with van der Waals surface area (Å²) in [5.74, 6) is 0.721. The smallest absolute Gasteiger partial charge is 0.330 e. The molecule has 0 aliphatic heterocycles. The van der Waals surface area contributed by atoms with Gasteiger partial charge in [0.1, 0.15) is 5.82 Å². The van der Waals surface area contributed by atoms with Gasteiger partial charge in [0.15, 0.2) is 11.2 Å². The molecule has 3 rings (SSSR count). The van der Waals surface area contributed by atoms with Gasteiger partial charge in [-0.2, -0.15) is 0 Å². The average molecular weight is 369 g/mol. The Kier molecular flexibility index (Phi) is 5.48. The largest absolute Gasteiger partial charge is 0.378 e. The van der Waals surface area contributed by atoms with Crippen molar-refractivity contribution in [1.82, 2.24) is 19.1 Å². The number of H-pyrrole nitrogens is 1. The summed E-state index contributed by atoms with van der Waals surface area (Å²) in [5, 5.41) is 0. The Morgan fingerprint density at radius 1 is 1.00 bits per heavy atom. The number of aryl methyl sites for hydroxylation is 2. The van der Waals surface area contributed by atoms with Crippen molar-refractivity contribution in [2.24, 2.45) is 0 Å². The van der Waals surface area contributed by atoms with Crippen LogP contribution in [0.2, 0.25) is 0 Å². The lowest BCUT2D eigenvalue weighted by atomic mass is 10.2. The van der Waals surface area contributed by atoms with Gasteiger partial charge in [0, 0.05) is 38.4 Å². The summed E-state index contributed by atoms with van der Waals surface area (Å²) < 4.78 is 3.52. The number of hydrogen-bond donors (Lipinski definition) is 1. The highest BCUT2D eigenvalue weighted by Gasteiger charge is 2.19. The third kappa shape index (κ3) is 3.54. The van der Waals surface area contributed by atoms with Gasteiger partial charge >= 0.3 is 5.69 Å². The fourth-order valence-corrected chi connectivity index (χ4v) is 3.27. The molecule has 2 heterocycles. The van der Waals surface area contributed by atoms with Gasteiger partial charge in [-0.3, -0.25) is 14.3 Å². The molecule has 0 unspecified atom stereocenters. The van der Waals surface area contributed by atoms with E-state index in [9.17, 15) is 9.59 Å². The van der Waals surface area contributed by atoms with Crippen molar-refractivity contribution in [2.45, 2.75) is 46.2 Å². The van der Waals surface area contributed by atoms with Crippen molar-refractivity contribution < 1.29 is 0 Å². The second kappa shape index (κ2) is 7.82. The first-order valence-electron chi connectivity index (χ1n) is 9.49. The molecule has 0 radical (unpaired) electrons. The van der Waals surface area contributed by atoms with Crippen molar-refractivity contribution in [3.05, 3.63) is 45.1 Å². The van der Waals surface area contributed by atoms with Crippen LogP contribution in [0.3, 0.4) is 0 Å². The summed E-state index contributed by atoms with van der Waals surface area (Å²) in [5.41, 5.74) is 2.20. The van der Waals surface area contributed by atoms with Crippen LogP contribution in [0, 0.1) is 0 Å². The van der Waals surface area contributed by atoms with Crippen molar-refractivity contribution in [1.29, 1.82) is 0 Å². The van der Waals surface area contributed by atoms with Crippen LogP contribution in [-0.2, 0) is 13.1 Å². The van der Waals surface area contributed by atoms with Crippen LogP contribution in [0.25, 0.3) is 22.6 Å². The standard InChI is InChI=1S/C20H27N5O2/c1-5-7-13-25-18-16(19(26)22-20(25)27)24(12-6-2)17(21-18)14-8-10-15(11-9-14)23(3)4/h8-11H,5-7,12-13H2,1-4H3,(H,22,26,27). The third-order valence-electron chi connectivity index (χ3n) is 4.71. The van der Waals surface area contributed by atoms with Crippen LogP contribution >= 0.6 is 0 Å². The van der Waals surface area contributed by atoms with E-state index in [0.717, 1.165) is 36.3 Å². The molecule has 1 aromatic carbocycles. The lowest BCUT2D eigenvalue weighted by Gasteiger charge is -2.13. The monoisotopic (exact) mass is 369 g/mol. The SMILES string of the molecule is CCCCn1c(=O)[nH]c(=O)c2c1nc(-c1ccc(N(C)C)cc1)n2CCC. The Bertz CT molecular complexity index is 1040. The number of imidazole rings is 1. The fraction of sp³-hybridized carbons (Fsp3) is 0.450. The lowest BCUT2D eigenvalue weighted by Crippen LogP contribution is -2.31. The minimum atomic E-state index is -0.392. The van der Waals surface area contributed by atoms with Crippen LogP contribution in [0.1, 0.15) is 33.1 Å². The van der Waals surface area contributed by atoms with E-state index in [4.69, 9.17) is 4.98 Å². The molecule has 0 bridgehead atoms. The zero-order chi connectivity index (χ0) is 19.6. The summed E-state index contributed by atoms with van der Waals surface area (Å²) in [7, 11) is 3.99. The van der Waals surface area contributed by atoms with Crippen molar-refractivity contribution in [2.75, 3.05) is 19.0 Å². The summed E-state index contributed by atoms with van der Waals surface area (Å²) >= 11 is 0. The zero-order valence-electron chi connectivity index (χ0n) is 16.5. The molecule has 0 aliphatic carbocycles. The Balaban J connectivity index is 2.26. The fourth-order valence-electron chi connectivity index (χ4n) is 3.27. The number of benzene rings is 1. The number of nitrogens with zero attached hydrogens (tertiary/aromatic N) is 4. The molecule has 0 saturated carbocycles. The third-order valence-corrected chi connectivity index (χ3v) is 4.71. The highest BCUT2D eigenvalue weighted by Crippen LogP contribution is 2.25. The molecule has 0 atom stereocenters. The molecular weight excluding hydrogens is 342 g/mol. The minimum Gasteiger partial charge on any atom is -0.378 e. The van der Waals surface area contributed by atoms with Crippen LogP contribution in [-0.4, -0.2) is 33.2 Å². The molecule has 3 aromatic rings. The zero-order valence-corrected chi connectivity index (χ0v) is 16.5. The minimum absolute atomic E-state index is 0.375. The van der Waals surface area contributed by atoms with E-state index < -0.39 is 5.69 Å². The van der Waals surface area contributed by atoms with Gasteiger partial charge in [-0.05, 0) is 37.1 Å². The second-order valence-corrected chi connectivity index (χ2v) is 6.97. The van der Waals surface area contributed by atoms with Crippen LogP contribution in [0.5, 0.6) is 0 Å². The van der Waals surface area contributed by atoms with E-state index in [1.807, 2.05) is 47.8 Å². The van der Waals surface area contributed by atoms with Crippen LogP contribution in [0.15, 0.2) is 33.9 Å². The normalized spacial score (nSPS) is 11.3. The summed E-state index contributed by atoms with van der Waals surface area (Å²) in [6.45, 7) is 5.34. The van der Waals surface area contributed by atoms with Gasteiger partial charge in [0.25, 0.3) is 5.56 Å². The predicted molar refractivity (Wildman–Crippen MR) is 110 cm³/mol. The summed E-state index contributed by atoms with van der Waals surface area (Å²) in [6, 6.07) is 8.06. The average Bonchev–Trinajstić information content (AvgIpc) is 3.01. The number of aromatic amines is 1. The first-order chi connectivity index (χ1) is 13.0. The molecule has 0 amide bonds. The molecule has 0 fully saturated rings. The number of nitrogens with one attached hydrogen (secondary N) is 1. The van der Waals surface area contributed by atoms with Crippen molar-refractivity contribution in [3.8, 4) is 11.4 Å². The number of rotatable bonds is 7. The Morgan fingerprint density at radius 3 is 2.30 bits per heavy atom. The van der Waals surface area contributed by atoms with Crippen molar-refractivity contribution in [3.63, 3.8) is 0 Å². The molecule has 7 nitrogen and oxygen atoms in total. The van der Waals surface area contributed by atoms with Gasteiger partial charge in [-0.15, -0.1) is 0 Å². The molecule has 7 heteroatoms. The molecule has 27 heavy (non-hydrogen) atoms. The number of anilines is 1. The number of unbranched alkanes of at least 4 members (excludes halogenated alkanes) is 1. The van der Waals surface area contributed by atoms with E-state index in [0.29, 0.717) is 24.3 Å². The molecule has 0 spiro atoms. The molecule has 144 valence electrons. The van der Waals surface area contributed by atoms with Gasteiger partial charge in [-0.25, -0.2) is 9.78 Å². The Hall–Kier alpha value is -2.83. The van der Waals surface area contributed by atoms with E-state index >= 15 is 0 Å². The highest BCUT2D eigenvalue weighted by atomic mass is 16.2. The Morgan fingerprint density at radius 2 is 1.70 bits per heavy atom. The number of hydrogen-bond acceptors (Lipinski definition) is 4. The topological polar surface area (TPSA) is 75.9 Å². The van der Waals surface area contributed by atoms with Crippen LogP contribution in [0.4, 0.5) is 5.69 Å². The van der Waals surface area contributed by atoms with E-state index in [1.54, 1.807) is 4.57 Å². The first-order valence-corrected chi connectivity index (χ1v) is 9.49. The Labute approximate surface area is 158 Å². The molecule has 0 saturated heterocycles. The maximum Gasteiger partial charge on any atom is 0.330 e. The molecule has 2 aromatic heterocycles. The molecule has 0 aliphatic rings. The summed E-state index contributed by atoms with van der Waals surface area (Å²) in [6.07, 6.45) is 2.68.